The molecule has 4 nitrogen and oxygen atoms in total. The van der Waals surface area contributed by atoms with Crippen molar-refractivity contribution in [2.45, 2.75) is 58.3 Å². The summed E-state index contributed by atoms with van der Waals surface area (Å²) in [6.07, 6.45) is 3.73. The number of aliphatic hydroxyl groups is 2. The van der Waals surface area contributed by atoms with Crippen molar-refractivity contribution >= 4 is 5.97 Å². The van der Waals surface area contributed by atoms with Gasteiger partial charge in [-0.1, -0.05) is 26.0 Å². The zero-order valence-electron chi connectivity index (χ0n) is 12.9. The molecule has 116 valence electrons. The minimum atomic E-state index is -0.636. The first-order chi connectivity index (χ1) is 9.85. The van der Waals surface area contributed by atoms with Gasteiger partial charge < -0.3 is 14.9 Å². The van der Waals surface area contributed by atoms with Crippen molar-refractivity contribution in [3.8, 4) is 11.8 Å². The van der Waals surface area contributed by atoms with Crippen LogP contribution in [0.4, 0.5) is 0 Å². The number of esters is 1. The fraction of sp³-hybridized carbons (Fsp3) is 0.706. The number of fused-ring (bicyclic) bond motifs is 1. The van der Waals surface area contributed by atoms with E-state index in [1.165, 1.54) is 0 Å². The van der Waals surface area contributed by atoms with Crippen LogP contribution in [0.25, 0.3) is 0 Å². The van der Waals surface area contributed by atoms with Gasteiger partial charge in [0, 0.05) is 30.1 Å². The summed E-state index contributed by atoms with van der Waals surface area (Å²) in [5.41, 5.74) is -0.343. The van der Waals surface area contributed by atoms with E-state index in [0.29, 0.717) is 19.3 Å². The predicted octanol–water partition coefficient (Wildman–Crippen LogP) is 1.66. The molecule has 1 saturated carbocycles. The molecule has 2 rings (SSSR count). The molecule has 0 aromatic heterocycles. The molecule has 0 bridgehead atoms. The summed E-state index contributed by atoms with van der Waals surface area (Å²) in [6.45, 7) is 5.70. The molecule has 2 fully saturated rings. The van der Waals surface area contributed by atoms with Crippen LogP contribution in [0.5, 0.6) is 0 Å². The number of ether oxygens (including phenoxy) is 1. The van der Waals surface area contributed by atoms with Crippen molar-refractivity contribution < 1.29 is 19.7 Å². The average Bonchev–Trinajstić information content (AvgIpc) is 2.89. The summed E-state index contributed by atoms with van der Waals surface area (Å²) in [6, 6.07) is 0. The van der Waals surface area contributed by atoms with Gasteiger partial charge >= 0.3 is 5.97 Å². The highest BCUT2D eigenvalue weighted by molar-refractivity contribution is 5.72. The molecule has 1 heterocycles. The van der Waals surface area contributed by atoms with Crippen molar-refractivity contribution in [2.75, 3.05) is 0 Å². The van der Waals surface area contributed by atoms with Gasteiger partial charge in [0.25, 0.3) is 0 Å². The van der Waals surface area contributed by atoms with Gasteiger partial charge in [-0.05, 0) is 6.92 Å². The molecule has 0 radical (unpaired) electrons. The van der Waals surface area contributed by atoms with E-state index < -0.39 is 12.2 Å². The van der Waals surface area contributed by atoms with Crippen LogP contribution in [-0.2, 0) is 9.53 Å². The predicted molar refractivity (Wildman–Crippen MR) is 79.1 cm³/mol. The summed E-state index contributed by atoms with van der Waals surface area (Å²) in [5, 5.41) is 20.4. The third kappa shape index (κ3) is 3.48. The first-order valence-electron chi connectivity index (χ1n) is 7.48. The molecule has 1 aliphatic carbocycles. The molecule has 1 saturated heterocycles. The zero-order valence-corrected chi connectivity index (χ0v) is 12.9. The lowest BCUT2D eigenvalue weighted by molar-refractivity contribution is -0.141. The van der Waals surface area contributed by atoms with Gasteiger partial charge in [-0.3, -0.25) is 4.79 Å². The number of hydrogen-bond acceptors (Lipinski definition) is 4. The van der Waals surface area contributed by atoms with E-state index in [1.54, 1.807) is 13.0 Å². The number of rotatable bonds is 4. The highest BCUT2D eigenvalue weighted by Gasteiger charge is 2.48. The molecule has 0 spiro atoms. The monoisotopic (exact) mass is 292 g/mol. The molecular formula is C17H24O4. The Labute approximate surface area is 126 Å². The molecule has 0 aromatic carbocycles. The van der Waals surface area contributed by atoms with Gasteiger partial charge in [-0.15, -0.1) is 11.8 Å². The third-order valence-corrected chi connectivity index (χ3v) is 4.61. The summed E-state index contributed by atoms with van der Waals surface area (Å²) >= 11 is 0. The smallest absolute Gasteiger partial charge is 0.306 e. The second-order valence-electron chi connectivity index (χ2n) is 6.70. The lowest BCUT2D eigenvalue weighted by atomic mass is 9.82. The van der Waals surface area contributed by atoms with Crippen LogP contribution in [-0.4, -0.2) is 34.5 Å². The Hall–Kier alpha value is -1.31. The summed E-state index contributed by atoms with van der Waals surface area (Å²) in [5.74, 6) is 5.56. The Kier molecular flexibility index (Phi) is 4.75. The van der Waals surface area contributed by atoms with E-state index in [1.807, 2.05) is 19.9 Å². The second-order valence-corrected chi connectivity index (χ2v) is 6.70. The number of carbonyl (C=O) groups excluding carboxylic acids is 1. The van der Waals surface area contributed by atoms with Crippen LogP contribution >= 0.6 is 0 Å². The van der Waals surface area contributed by atoms with Gasteiger partial charge in [0.2, 0.25) is 0 Å². The van der Waals surface area contributed by atoms with Crippen molar-refractivity contribution in [1.29, 1.82) is 0 Å². The first-order valence-corrected chi connectivity index (χ1v) is 7.48. The lowest BCUT2D eigenvalue weighted by Crippen LogP contribution is -2.28. The normalized spacial score (nSPS) is 33.5. The van der Waals surface area contributed by atoms with E-state index in [0.717, 1.165) is 0 Å². The van der Waals surface area contributed by atoms with E-state index in [4.69, 9.17) is 4.74 Å². The molecule has 0 amide bonds. The number of hydrogen-bond donors (Lipinski definition) is 2. The minimum Gasteiger partial charge on any atom is -0.462 e. The van der Waals surface area contributed by atoms with Crippen molar-refractivity contribution in [3.63, 3.8) is 0 Å². The highest BCUT2D eigenvalue weighted by Crippen LogP contribution is 2.42. The standard InChI is InChI=1S/C17H24O4/c1-4-5-8-17(2,3)15(19)7-6-11-12-9-16(20)21-14(12)10-13(11)18/h6-7,11-15,18-19H,8-10H2,1-3H3/b7-6+/t11-,12-,13-,14+,15-/m1/s1. The maximum Gasteiger partial charge on any atom is 0.306 e. The molecule has 1 aliphatic heterocycles. The average molecular weight is 292 g/mol. The minimum absolute atomic E-state index is 0.0366. The van der Waals surface area contributed by atoms with Crippen LogP contribution in [0.15, 0.2) is 12.2 Å². The van der Waals surface area contributed by atoms with Gasteiger partial charge in [-0.2, -0.15) is 0 Å². The Balaban J connectivity index is 2.02. The Morgan fingerprint density at radius 3 is 2.90 bits per heavy atom. The van der Waals surface area contributed by atoms with Gasteiger partial charge in [0.15, 0.2) is 0 Å². The van der Waals surface area contributed by atoms with E-state index >= 15 is 0 Å². The van der Waals surface area contributed by atoms with Crippen molar-refractivity contribution in [3.05, 3.63) is 12.2 Å². The van der Waals surface area contributed by atoms with E-state index in [9.17, 15) is 15.0 Å². The topological polar surface area (TPSA) is 66.8 Å². The third-order valence-electron chi connectivity index (χ3n) is 4.61. The van der Waals surface area contributed by atoms with E-state index in [-0.39, 0.29) is 29.3 Å². The van der Waals surface area contributed by atoms with E-state index in [2.05, 4.69) is 11.8 Å². The van der Waals surface area contributed by atoms with Crippen molar-refractivity contribution in [1.82, 2.24) is 0 Å². The molecule has 4 heteroatoms. The molecule has 0 aromatic rings. The molecule has 21 heavy (non-hydrogen) atoms. The largest absolute Gasteiger partial charge is 0.462 e. The zero-order chi connectivity index (χ0) is 15.6. The van der Waals surface area contributed by atoms with Crippen LogP contribution < -0.4 is 0 Å². The second kappa shape index (κ2) is 6.21. The SMILES string of the molecule is CC#CCC(C)(C)[C@H](O)/C=C/[C@@H]1[C@H]2CC(=O)O[C@H]2C[C@H]1O. The number of aliphatic hydroxyl groups excluding tert-OH is 2. The Morgan fingerprint density at radius 1 is 1.52 bits per heavy atom. The quantitative estimate of drug-likeness (QED) is 0.470. The molecule has 2 aliphatic rings. The van der Waals surface area contributed by atoms with Crippen LogP contribution in [0.3, 0.4) is 0 Å². The fourth-order valence-electron chi connectivity index (χ4n) is 3.10. The first kappa shape index (κ1) is 16.1. The maximum atomic E-state index is 11.3. The highest BCUT2D eigenvalue weighted by atomic mass is 16.6. The lowest BCUT2D eigenvalue weighted by Gasteiger charge is -2.27. The summed E-state index contributed by atoms with van der Waals surface area (Å²) in [4.78, 5) is 11.3. The molecular weight excluding hydrogens is 268 g/mol. The van der Waals surface area contributed by atoms with Crippen LogP contribution in [0.1, 0.15) is 40.0 Å². The van der Waals surface area contributed by atoms with Gasteiger partial charge in [-0.25, -0.2) is 0 Å². The molecule has 0 unspecified atom stereocenters. The molecule has 5 atom stereocenters. The van der Waals surface area contributed by atoms with Crippen LogP contribution in [0, 0.1) is 29.1 Å². The van der Waals surface area contributed by atoms with Crippen molar-refractivity contribution in [2.24, 2.45) is 17.3 Å². The van der Waals surface area contributed by atoms with Crippen LogP contribution in [0.2, 0.25) is 0 Å². The maximum absolute atomic E-state index is 11.3. The van der Waals surface area contributed by atoms with Gasteiger partial charge in [0.05, 0.1) is 18.6 Å². The van der Waals surface area contributed by atoms with Gasteiger partial charge in [0.1, 0.15) is 6.10 Å². The Morgan fingerprint density at radius 2 is 2.24 bits per heavy atom. The fourth-order valence-corrected chi connectivity index (χ4v) is 3.10. The Bertz CT molecular complexity index is 483. The summed E-state index contributed by atoms with van der Waals surface area (Å²) in [7, 11) is 0. The number of carbonyl (C=O) groups is 1. The summed E-state index contributed by atoms with van der Waals surface area (Å²) < 4.78 is 5.20. The molecule has 2 N–H and O–H groups in total.